The Hall–Kier alpha value is -1.36. The third-order valence-electron chi connectivity index (χ3n) is 3.81. The standard InChI is InChI=1S/C12H15ClN4O/c1-16-9-7-14-12(13)15-11(9)17(6-5-10(16)18)8-3-2-4-8/h7-8H,2-6H2,1H3. The number of hydrogen-bond donors (Lipinski definition) is 0. The van der Waals surface area contributed by atoms with Gasteiger partial charge in [-0.15, -0.1) is 0 Å². The molecule has 2 aliphatic rings. The van der Waals surface area contributed by atoms with Crippen molar-refractivity contribution in [3.63, 3.8) is 0 Å². The number of amides is 1. The molecule has 0 N–H and O–H groups in total. The van der Waals surface area contributed by atoms with E-state index in [4.69, 9.17) is 11.6 Å². The zero-order valence-electron chi connectivity index (χ0n) is 10.3. The topological polar surface area (TPSA) is 49.3 Å². The van der Waals surface area contributed by atoms with Gasteiger partial charge in [0.05, 0.1) is 6.20 Å². The van der Waals surface area contributed by atoms with Crippen molar-refractivity contribution < 1.29 is 4.79 Å². The lowest BCUT2D eigenvalue weighted by Crippen LogP contribution is -2.41. The summed E-state index contributed by atoms with van der Waals surface area (Å²) >= 11 is 5.89. The molecule has 0 radical (unpaired) electrons. The Balaban J connectivity index is 2.06. The Labute approximate surface area is 111 Å². The van der Waals surface area contributed by atoms with Gasteiger partial charge in [0.2, 0.25) is 11.2 Å². The zero-order valence-corrected chi connectivity index (χ0v) is 11.0. The molecule has 0 saturated heterocycles. The first-order chi connectivity index (χ1) is 8.66. The molecule has 1 amide bonds. The molecule has 2 heterocycles. The van der Waals surface area contributed by atoms with Crippen LogP contribution < -0.4 is 9.80 Å². The molecule has 18 heavy (non-hydrogen) atoms. The van der Waals surface area contributed by atoms with Gasteiger partial charge in [-0.1, -0.05) is 0 Å². The first-order valence-electron chi connectivity index (χ1n) is 6.22. The maximum Gasteiger partial charge on any atom is 0.228 e. The third-order valence-corrected chi connectivity index (χ3v) is 3.99. The SMILES string of the molecule is CN1C(=O)CCN(C2CCC2)c2nc(Cl)ncc21. The molecular weight excluding hydrogens is 252 g/mol. The minimum atomic E-state index is 0.101. The van der Waals surface area contributed by atoms with E-state index in [9.17, 15) is 4.79 Å². The van der Waals surface area contributed by atoms with Gasteiger partial charge in [-0.2, -0.15) is 4.98 Å². The van der Waals surface area contributed by atoms with E-state index < -0.39 is 0 Å². The van der Waals surface area contributed by atoms with Crippen LogP contribution in [0.25, 0.3) is 0 Å². The highest BCUT2D eigenvalue weighted by Crippen LogP contribution is 2.36. The molecule has 0 unspecified atom stereocenters. The summed E-state index contributed by atoms with van der Waals surface area (Å²) in [4.78, 5) is 24.1. The lowest BCUT2D eigenvalue weighted by Gasteiger charge is -2.38. The highest BCUT2D eigenvalue weighted by molar-refractivity contribution is 6.28. The summed E-state index contributed by atoms with van der Waals surface area (Å²) in [6.07, 6.45) is 5.73. The average Bonchev–Trinajstić information content (AvgIpc) is 2.40. The third kappa shape index (κ3) is 1.82. The van der Waals surface area contributed by atoms with Crippen molar-refractivity contribution in [1.29, 1.82) is 0 Å². The van der Waals surface area contributed by atoms with Crippen molar-refractivity contribution in [2.24, 2.45) is 0 Å². The molecule has 1 aliphatic heterocycles. The normalized spacial score (nSPS) is 20.4. The van der Waals surface area contributed by atoms with E-state index in [-0.39, 0.29) is 11.2 Å². The molecule has 1 saturated carbocycles. The second-order valence-corrected chi connectivity index (χ2v) is 5.17. The quantitative estimate of drug-likeness (QED) is 0.728. The smallest absolute Gasteiger partial charge is 0.228 e. The average molecular weight is 267 g/mol. The molecule has 1 aliphatic carbocycles. The Kier molecular flexibility index (Phi) is 2.86. The fourth-order valence-electron chi connectivity index (χ4n) is 2.47. The van der Waals surface area contributed by atoms with E-state index in [0.717, 1.165) is 11.5 Å². The molecule has 6 heteroatoms. The molecule has 1 aromatic rings. The largest absolute Gasteiger partial charge is 0.351 e. The summed E-state index contributed by atoms with van der Waals surface area (Å²) in [5.41, 5.74) is 0.758. The first kappa shape index (κ1) is 11.7. The Bertz CT molecular complexity index is 489. The number of nitrogens with zero attached hydrogens (tertiary/aromatic N) is 4. The number of rotatable bonds is 1. The predicted octanol–water partition coefficient (Wildman–Crippen LogP) is 1.86. The highest BCUT2D eigenvalue weighted by Gasteiger charge is 2.32. The van der Waals surface area contributed by atoms with E-state index in [1.165, 1.54) is 19.3 Å². The second kappa shape index (κ2) is 4.39. The van der Waals surface area contributed by atoms with Gasteiger partial charge in [0.1, 0.15) is 5.69 Å². The number of hydrogen-bond acceptors (Lipinski definition) is 4. The summed E-state index contributed by atoms with van der Waals surface area (Å²) < 4.78 is 0. The molecule has 0 spiro atoms. The predicted molar refractivity (Wildman–Crippen MR) is 70.1 cm³/mol. The summed E-state index contributed by atoms with van der Waals surface area (Å²) in [5.74, 6) is 0.900. The van der Waals surface area contributed by atoms with Crippen LogP contribution in [-0.2, 0) is 4.79 Å². The van der Waals surface area contributed by atoms with Crippen LogP contribution in [0.4, 0.5) is 11.5 Å². The number of fused-ring (bicyclic) bond motifs is 1. The Morgan fingerprint density at radius 1 is 1.44 bits per heavy atom. The number of anilines is 2. The molecule has 1 aromatic heterocycles. The number of aromatic nitrogens is 2. The van der Waals surface area contributed by atoms with Crippen molar-refractivity contribution >= 4 is 29.0 Å². The summed E-state index contributed by atoms with van der Waals surface area (Å²) in [6, 6.07) is 0.494. The second-order valence-electron chi connectivity index (χ2n) is 4.83. The van der Waals surface area contributed by atoms with Crippen molar-refractivity contribution in [3.05, 3.63) is 11.5 Å². The van der Waals surface area contributed by atoms with Crippen molar-refractivity contribution in [1.82, 2.24) is 9.97 Å². The van der Waals surface area contributed by atoms with Crippen LogP contribution in [0.1, 0.15) is 25.7 Å². The highest BCUT2D eigenvalue weighted by atomic mass is 35.5. The van der Waals surface area contributed by atoms with Gasteiger partial charge in [0.25, 0.3) is 0 Å². The fraction of sp³-hybridized carbons (Fsp3) is 0.583. The maximum absolute atomic E-state index is 11.9. The van der Waals surface area contributed by atoms with Crippen LogP contribution in [0.3, 0.4) is 0 Å². The van der Waals surface area contributed by atoms with Crippen LogP contribution in [0.15, 0.2) is 6.20 Å². The fourth-order valence-corrected chi connectivity index (χ4v) is 2.60. The number of carbonyl (C=O) groups is 1. The van der Waals surface area contributed by atoms with E-state index in [2.05, 4.69) is 14.9 Å². The van der Waals surface area contributed by atoms with Crippen molar-refractivity contribution in [2.75, 3.05) is 23.4 Å². The molecule has 96 valence electrons. The van der Waals surface area contributed by atoms with E-state index >= 15 is 0 Å². The van der Waals surface area contributed by atoms with E-state index in [1.54, 1.807) is 18.1 Å². The molecule has 1 fully saturated rings. The van der Waals surface area contributed by atoms with Gasteiger partial charge >= 0.3 is 0 Å². The summed E-state index contributed by atoms with van der Waals surface area (Å²) in [6.45, 7) is 0.716. The molecule has 0 aromatic carbocycles. The van der Waals surface area contributed by atoms with Gasteiger partial charge < -0.3 is 9.80 Å². The van der Waals surface area contributed by atoms with E-state index in [1.807, 2.05) is 0 Å². The van der Waals surface area contributed by atoms with Gasteiger partial charge in [0, 0.05) is 26.1 Å². The number of carbonyl (C=O) groups excluding carboxylic acids is 1. The van der Waals surface area contributed by atoms with Crippen LogP contribution in [0.5, 0.6) is 0 Å². The monoisotopic (exact) mass is 266 g/mol. The lowest BCUT2D eigenvalue weighted by molar-refractivity contribution is -0.118. The van der Waals surface area contributed by atoms with Crippen molar-refractivity contribution in [2.45, 2.75) is 31.7 Å². The van der Waals surface area contributed by atoms with E-state index in [0.29, 0.717) is 19.0 Å². The molecule has 3 rings (SSSR count). The molecular formula is C12H15ClN4O. The molecule has 5 nitrogen and oxygen atoms in total. The summed E-state index contributed by atoms with van der Waals surface area (Å²) in [7, 11) is 1.77. The summed E-state index contributed by atoms with van der Waals surface area (Å²) in [5, 5.41) is 0.237. The van der Waals surface area contributed by atoms with Crippen molar-refractivity contribution in [3.8, 4) is 0 Å². The van der Waals surface area contributed by atoms with Crippen LogP contribution in [0.2, 0.25) is 5.28 Å². The Morgan fingerprint density at radius 2 is 2.22 bits per heavy atom. The maximum atomic E-state index is 11.9. The Morgan fingerprint density at radius 3 is 2.89 bits per heavy atom. The molecule has 0 bridgehead atoms. The van der Waals surface area contributed by atoms with Gasteiger partial charge in [-0.05, 0) is 30.9 Å². The minimum absolute atomic E-state index is 0.101. The molecule has 0 atom stereocenters. The van der Waals surface area contributed by atoms with Gasteiger partial charge in [0.15, 0.2) is 5.82 Å². The van der Waals surface area contributed by atoms with Gasteiger partial charge in [-0.3, -0.25) is 4.79 Å². The zero-order chi connectivity index (χ0) is 12.7. The van der Waals surface area contributed by atoms with Crippen LogP contribution in [-0.4, -0.2) is 35.5 Å². The number of halogens is 1. The minimum Gasteiger partial charge on any atom is -0.351 e. The lowest BCUT2D eigenvalue weighted by atomic mass is 9.91. The van der Waals surface area contributed by atoms with Crippen LogP contribution >= 0.6 is 11.6 Å². The van der Waals surface area contributed by atoms with Gasteiger partial charge in [-0.25, -0.2) is 4.98 Å². The first-order valence-corrected chi connectivity index (χ1v) is 6.60. The van der Waals surface area contributed by atoms with Crippen LogP contribution in [0, 0.1) is 0 Å².